The van der Waals surface area contributed by atoms with Crippen LogP contribution >= 0.6 is 0 Å². The first kappa shape index (κ1) is 25.4. The Labute approximate surface area is 226 Å². The van der Waals surface area contributed by atoms with Gasteiger partial charge in [-0.15, -0.1) is 0 Å². The SMILES string of the molecule is CCc1cccc(CC)c1-n1nc2c(c1-c1ccc(F)c3[nH]ccc13)CN(Cc1ccc(F)cc1F)C2(C)C. The van der Waals surface area contributed by atoms with Gasteiger partial charge in [0.2, 0.25) is 0 Å². The van der Waals surface area contributed by atoms with Crippen LogP contribution in [0, 0.1) is 17.5 Å². The maximum Gasteiger partial charge on any atom is 0.147 e. The lowest BCUT2D eigenvalue weighted by atomic mass is 9.97. The molecule has 0 saturated heterocycles. The molecule has 5 aromatic rings. The van der Waals surface area contributed by atoms with Crippen molar-refractivity contribution in [3.05, 3.63) is 106 Å². The Hall–Kier alpha value is -3.84. The molecule has 0 spiro atoms. The molecular formula is C32H31F3N4. The number of H-pyrrole nitrogens is 1. The standard InChI is InChI=1S/C32H31F3N4/c1-5-19-8-7-9-20(6-2)29(19)39-30(24-12-13-26(34)28-23(24)14-15-36-28)25-18-38(32(3,4)31(25)37-39)17-21-10-11-22(33)16-27(21)35/h7-16,36H,5-6,17-18H2,1-4H3. The first-order valence-electron chi connectivity index (χ1n) is 13.4. The third-order valence-electron chi connectivity index (χ3n) is 8.18. The van der Waals surface area contributed by atoms with E-state index >= 15 is 0 Å². The topological polar surface area (TPSA) is 36.9 Å². The van der Waals surface area contributed by atoms with Crippen LogP contribution in [0.3, 0.4) is 0 Å². The minimum atomic E-state index is -0.591. The van der Waals surface area contributed by atoms with E-state index in [2.05, 4.69) is 60.5 Å². The molecule has 0 amide bonds. The molecule has 0 atom stereocenters. The smallest absolute Gasteiger partial charge is 0.147 e. The molecule has 1 aliphatic rings. The molecule has 0 radical (unpaired) electrons. The second-order valence-corrected chi connectivity index (χ2v) is 10.7. The van der Waals surface area contributed by atoms with Crippen molar-refractivity contribution in [1.29, 1.82) is 0 Å². The number of hydrogen-bond acceptors (Lipinski definition) is 2. The van der Waals surface area contributed by atoms with E-state index in [1.807, 2.05) is 12.1 Å². The quantitative estimate of drug-likeness (QED) is 0.244. The summed E-state index contributed by atoms with van der Waals surface area (Å²) in [5, 5.41) is 6.05. The van der Waals surface area contributed by atoms with Gasteiger partial charge in [0.25, 0.3) is 0 Å². The lowest BCUT2D eigenvalue weighted by Crippen LogP contribution is -2.36. The number of aromatic amines is 1. The number of nitrogens with one attached hydrogen (secondary N) is 1. The van der Waals surface area contributed by atoms with Gasteiger partial charge in [-0.3, -0.25) is 4.90 Å². The lowest BCUT2D eigenvalue weighted by molar-refractivity contribution is 0.121. The van der Waals surface area contributed by atoms with Crippen molar-refractivity contribution >= 4 is 10.9 Å². The minimum Gasteiger partial charge on any atom is -0.359 e. The number of nitrogens with zero attached hydrogens (tertiary/aromatic N) is 3. The maximum absolute atomic E-state index is 14.7. The molecule has 0 fully saturated rings. The Balaban J connectivity index is 1.59. The Bertz CT molecular complexity index is 1690. The van der Waals surface area contributed by atoms with Gasteiger partial charge < -0.3 is 4.98 Å². The van der Waals surface area contributed by atoms with Crippen LogP contribution in [0.4, 0.5) is 13.2 Å². The average Bonchev–Trinajstić information content (AvgIpc) is 3.61. The average molecular weight is 529 g/mol. The Morgan fingerprint density at radius 3 is 2.33 bits per heavy atom. The highest BCUT2D eigenvalue weighted by molar-refractivity contribution is 5.96. The van der Waals surface area contributed by atoms with Crippen molar-refractivity contribution < 1.29 is 13.2 Å². The van der Waals surface area contributed by atoms with Gasteiger partial charge in [0.1, 0.15) is 17.5 Å². The van der Waals surface area contributed by atoms with Gasteiger partial charge in [-0.05, 0) is 62.1 Å². The second kappa shape index (κ2) is 9.42. The summed E-state index contributed by atoms with van der Waals surface area (Å²) in [6.07, 6.45) is 3.44. The third-order valence-corrected chi connectivity index (χ3v) is 8.18. The van der Waals surface area contributed by atoms with Gasteiger partial charge in [-0.25, -0.2) is 17.9 Å². The van der Waals surface area contributed by atoms with Gasteiger partial charge in [0, 0.05) is 47.4 Å². The van der Waals surface area contributed by atoms with Crippen LogP contribution < -0.4 is 0 Å². The zero-order valence-corrected chi connectivity index (χ0v) is 22.6. The molecule has 3 heterocycles. The molecule has 4 nitrogen and oxygen atoms in total. The molecule has 0 saturated carbocycles. The molecule has 39 heavy (non-hydrogen) atoms. The summed E-state index contributed by atoms with van der Waals surface area (Å²) in [6, 6.07) is 15.3. The zero-order valence-electron chi connectivity index (χ0n) is 22.6. The Morgan fingerprint density at radius 1 is 0.897 bits per heavy atom. The Kier molecular flexibility index (Phi) is 6.14. The second-order valence-electron chi connectivity index (χ2n) is 10.7. The van der Waals surface area contributed by atoms with Gasteiger partial charge in [-0.1, -0.05) is 38.1 Å². The van der Waals surface area contributed by atoms with E-state index in [1.165, 1.54) is 29.3 Å². The predicted octanol–water partition coefficient (Wildman–Crippen LogP) is 7.81. The lowest BCUT2D eigenvalue weighted by Gasteiger charge is -2.32. The first-order chi connectivity index (χ1) is 18.7. The van der Waals surface area contributed by atoms with Gasteiger partial charge in [0.15, 0.2) is 0 Å². The van der Waals surface area contributed by atoms with E-state index in [-0.39, 0.29) is 5.82 Å². The van der Waals surface area contributed by atoms with Crippen molar-refractivity contribution in [1.82, 2.24) is 19.7 Å². The highest BCUT2D eigenvalue weighted by Crippen LogP contribution is 2.46. The predicted molar refractivity (Wildman–Crippen MR) is 148 cm³/mol. The number of fused-ring (bicyclic) bond motifs is 2. The van der Waals surface area contributed by atoms with Crippen molar-refractivity contribution in [2.45, 2.75) is 59.2 Å². The highest BCUT2D eigenvalue weighted by atomic mass is 19.1. The summed E-state index contributed by atoms with van der Waals surface area (Å²) in [5.74, 6) is -1.46. The van der Waals surface area contributed by atoms with Crippen LogP contribution in [-0.4, -0.2) is 19.7 Å². The summed E-state index contributed by atoms with van der Waals surface area (Å²) in [4.78, 5) is 5.21. The number of benzene rings is 3. The van der Waals surface area contributed by atoms with Gasteiger partial charge in [-0.2, -0.15) is 5.10 Å². The summed E-state index contributed by atoms with van der Waals surface area (Å²) < 4.78 is 45.0. The fourth-order valence-electron chi connectivity index (χ4n) is 5.99. The molecule has 1 N–H and O–H groups in total. The number of para-hydroxylation sites is 1. The highest BCUT2D eigenvalue weighted by Gasteiger charge is 2.43. The minimum absolute atomic E-state index is 0.307. The number of aromatic nitrogens is 3. The molecule has 0 bridgehead atoms. The number of hydrogen-bond donors (Lipinski definition) is 1. The number of rotatable bonds is 6. The fourth-order valence-corrected chi connectivity index (χ4v) is 5.99. The van der Waals surface area contributed by atoms with Crippen LogP contribution in [0.2, 0.25) is 0 Å². The molecule has 1 aliphatic heterocycles. The van der Waals surface area contributed by atoms with E-state index in [9.17, 15) is 13.2 Å². The normalized spacial score (nSPS) is 14.8. The Morgan fingerprint density at radius 2 is 1.64 bits per heavy atom. The summed E-state index contributed by atoms with van der Waals surface area (Å²) >= 11 is 0. The monoisotopic (exact) mass is 528 g/mol. The molecule has 0 unspecified atom stereocenters. The van der Waals surface area contributed by atoms with E-state index in [0.717, 1.165) is 52.5 Å². The summed E-state index contributed by atoms with van der Waals surface area (Å²) in [7, 11) is 0. The van der Waals surface area contributed by atoms with Crippen LogP contribution in [0.1, 0.15) is 55.6 Å². The van der Waals surface area contributed by atoms with Gasteiger partial charge in [0.05, 0.1) is 28.1 Å². The van der Waals surface area contributed by atoms with E-state index in [4.69, 9.17) is 5.10 Å². The molecule has 0 aliphatic carbocycles. The van der Waals surface area contributed by atoms with E-state index in [1.54, 1.807) is 6.20 Å². The van der Waals surface area contributed by atoms with Crippen LogP contribution in [0.25, 0.3) is 27.8 Å². The van der Waals surface area contributed by atoms with E-state index in [0.29, 0.717) is 24.2 Å². The van der Waals surface area contributed by atoms with Crippen LogP contribution in [0.15, 0.2) is 60.8 Å². The molecular weight excluding hydrogens is 497 g/mol. The molecule has 2 aromatic heterocycles. The largest absolute Gasteiger partial charge is 0.359 e. The molecule has 3 aromatic carbocycles. The fraction of sp³-hybridized carbons (Fsp3) is 0.281. The summed E-state index contributed by atoms with van der Waals surface area (Å²) in [5.41, 5.74) is 7.54. The van der Waals surface area contributed by atoms with Crippen molar-refractivity contribution in [2.24, 2.45) is 0 Å². The van der Waals surface area contributed by atoms with Crippen LogP contribution in [0.5, 0.6) is 0 Å². The maximum atomic E-state index is 14.7. The zero-order chi connectivity index (χ0) is 27.5. The van der Waals surface area contributed by atoms with Gasteiger partial charge >= 0.3 is 0 Å². The summed E-state index contributed by atoms with van der Waals surface area (Å²) in [6.45, 7) is 9.28. The van der Waals surface area contributed by atoms with Crippen LogP contribution in [-0.2, 0) is 31.5 Å². The number of halogens is 3. The van der Waals surface area contributed by atoms with E-state index < -0.39 is 17.2 Å². The molecule has 6 rings (SSSR count). The number of aryl methyl sites for hydroxylation is 2. The van der Waals surface area contributed by atoms with Crippen molar-refractivity contribution in [3.8, 4) is 16.9 Å². The van der Waals surface area contributed by atoms with Crippen molar-refractivity contribution in [3.63, 3.8) is 0 Å². The molecule has 200 valence electrons. The molecule has 7 heteroatoms. The van der Waals surface area contributed by atoms with Crippen molar-refractivity contribution in [2.75, 3.05) is 0 Å². The third kappa shape index (κ3) is 3.98. The first-order valence-corrected chi connectivity index (χ1v) is 13.4.